The zero-order chi connectivity index (χ0) is 29.0. The Hall–Kier alpha value is -2.13. The fourth-order valence-electron chi connectivity index (χ4n) is 4.99. The van der Waals surface area contributed by atoms with E-state index in [1.807, 2.05) is 21.6 Å². The lowest BCUT2D eigenvalue weighted by Crippen LogP contribution is -2.14. The molecular formula is C33H40O5S3. The molecule has 5 nitrogen and oxygen atoms in total. The molecule has 2 aromatic rings. The zero-order valence-corrected chi connectivity index (χ0v) is 26.7. The van der Waals surface area contributed by atoms with Gasteiger partial charge < -0.3 is 14.2 Å². The van der Waals surface area contributed by atoms with Crippen LogP contribution in [0.15, 0.2) is 52.9 Å². The number of hydrogen-bond donors (Lipinski definition) is 0. The van der Waals surface area contributed by atoms with Crippen LogP contribution in [-0.2, 0) is 23.8 Å². The predicted octanol–water partition coefficient (Wildman–Crippen LogP) is 8.25. The van der Waals surface area contributed by atoms with Gasteiger partial charge in [0.05, 0.1) is 19.6 Å². The lowest BCUT2D eigenvalue weighted by Gasteiger charge is -2.09. The second kappa shape index (κ2) is 16.5. The van der Waals surface area contributed by atoms with Gasteiger partial charge in [-0.1, -0.05) is 63.9 Å². The van der Waals surface area contributed by atoms with Gasteiger partial charge in [0.1, 0.15) is 13.2 Å². The number of unbranched alkanes of at least 4 members (excludes halogenated alkanes) is 1. The summed E-state index contributed by atoms with van der Waals surface area (Å²) >= 11 is 1.73. The molecule has 1 aliphatic carbocycles. The van der Waals surface area contributed by atoms with E-state index in [1.165, 1.54) is 23.5 Å². The van der Waals surface area contributed by atoms with Crippen molar-refractivity contribution in [3.05, 3.63) is 70.3 Å². The highest BCUT2D eigenvalue weighted by molar-refractivity contribution is 8.77. The number of carbonyl (C=O) groups excluding carboxylic acids is 2. The molecule has 0 saturated carbocycles. The summed E-state index contributed by atoms with van der Waals surface area (Å²) in [5.41, 5.74) is 7.79. The number of ether oxygens (including phenoxy) is 3. The number of thioether (sulfide) groups is 1. The Morgan fingerprint density at radius 1 is 0.951 bits per heavy atom. The lowest BCUT2D eigenvalue weighted by atomic mass is 9.99. The third kappa shape index (κ3) is 9.70. The normalized spacial score (nSPS) is 17.2. The summed E-state index contributed by atoms with van der Waals surface area (Å²) in [6.07, 6.45) is 9.35. The lowest BCUT2D eigenvalue weighted by molar-refractivity contribution is -0.146. The van der Waals surface area contributed by atoms with Gasteiger partial charge in [-0.15, -0.1) is 11.8 Å². The van der Waals surface area contributed by atoms with Crippen molar-refractivity contribution in [2.45, 2.75) is 62.5 Å². The molecular weight excluding hydrogens is 573 g/mol. The minimum atomic E-state index is -0.276. The largest absolute Gasteiger partial charge is 0.463 e. The van der Waals surface area contributed by atoms with E-state index in [2.05, 4.69) is 68.6 Å². The Balaban J connectivity index is 1.18. The fraction of sp³-hybridized carbons (Fsp3) is 0.455. The number of fused-ring (bicyclic) bond motifs is 1. The Morgan fingerprint density at radius 2 is 1.71 bits per heavy atom. The molecule has 41 heavy (non-hydrogen) atoms. The number of carbonyl (C=O) groups is 2. The molecule has 0 aromatic heterocycles. The zero-order valence-electron chi connectivity index (χ0n) is 24.2. The molecule has 0 amide bonds. The van der Waals surface area contributed by atoms with Crippen molar-refractivity contribution in [2.75, 3.05) is 38.4 Å². The molecule has 1 unspecified atom stereocenters. The smallest absolute Gasteiger partial charge is 0.310 e. The number of benzene rings is 2. The van der Waals surface area contributed by atoms with Crippen LogP contribution in [0.4, 0.5) is 0 Å². The average Bonchev–Trinajstić information content (AvgIpc) is 3.58. The summed E-state index contributed by atoms with van der Waals surface area (Å²) in [7, 11) is 3.93. The summed E-state index contributed by atoms with van der Waals surface area (Å²) in [6.45, 7) is 5.10. The van der Waals surface area contributed by atoms with Crippen LogP contribution in [0.3, 0.4) is 0 Å². The van der Waals surface area contributed by atoms with Gasteiger partial charge in [0.2, 0.25) is 0 Å². The Labute approximate surface area is 256 Å². The van der Waals surface area contributed by atoms with Crippen LogP contribution in [0.2, 0.25) is 0 Å². The monoisotopic (exact) mass is 612 g/mol. The van der Waals surface area contributed by atoms with Crippen LogP contribution >= 0.6 is 33.3 Å². The first-order valence-electron chi connectivity index (χ1n) is 14.3. The first kappa shape index (κ1) is 31.8. The summed E-state index contributed by atoms with van der Waals surface area (Å²) in [5, 5.41) is 0.750. The summed E-state index contributed by atoms with van der Waals surface area (Å²) in [6, 6.07) is 14.9. The van der Waals surface area contributed by atoms with Crippen LogP contribution in [-0.4, -0.2) is 55.6 Å². The van der Waals surface area contributed by atoms with E-state index in [0.29, 0.717) is 13.0 Å². The van der Waals surface area contributed by atoms with Crippen LogP contribution in [0.25, 0.3) is 17.2 Å². The maximum Gasteiger partial charge on any atom is 0.310 e. The SMILES string of the molecule is CSc1ccc(/C=C2/C(C)=C(CC(=O)OCCOCCOC(=O)CCCCC3CCSS3)c3cc(C)ccc32)cc1. The molecule has 4 rings (SSSR count). The topological polar surface area (TPSA) is 61.8 Å². The number of rotatable bonds is 15. The van der Waals surface area contributed by atoms with Gasteiger partial charge in [0.15, 0.2) is 0 Å². The summed E-state index contributed by atoms with van der Waals surface area (Å²) < 4.78 is 16.2. The standard InChI is InChI=1S/C33H40O5S3/c1-23-8-13-28-29(21-25-9-11-26(39-3)12-10-25)24(2)30(31(28)20-23)22-33(35)38-18-16-36-15-17-37-32(34)7-5-4-6-27-14-19-40-41-27/h8-13,20-21,27H,4-7,14-19,22H2,1-3H3/b29-21-. The summed E-state index contributed by atoms with van der Waals surface area (Å²) in [4.78, 5) is 25.9. The fourth-order valence-corrected chi connectivity index (χ4v) is 8.43. The molecule has 0 spiro atoms. The second-order valence-corrected chi connectivity index (χ2v) is 14.0. The maximum atomic E-state index is 12.8. The van der Waals surface area contributed by atoms with Crippen LogP contribution in [0, 0.1) is 6.92 Å². The predicted molar refractivity (Wildman–Crippen MR) is 174 cm³/mol. The number of esters is 2. The highest BCUT2D eigenvalue weighted by Gasteiger charge is 2.26. The molecule has 0 radical (unpaired) electrons. The van der Waals surface area contributed by atoms with Crippen molar-refractivity contribution >= 4 is 62.5 Å². The van der Waals surface area contributed by atoms with Gasteiger partial charge >= 0.3 is 11.9 Å². The quantitative estimate of drug-likeness (QED) is 0.0862. The van der Waals surface area contributed by atoms with Gasteiger partial charge in [-0.25, -0.2) is 0 Å². The van der Waals surface area contributed by atoms with Crippen LogP contribution in [0.5, 0.6) is 0 Å². The minimum Gasteiger partial charge on any atom is -0.463 e. The van der Waals surface area contributed by atoms with Crippen molar-refractivity contribution in [3.63, 3.8) is 0 Å². The van der Waals surface area contributed by atoms with Crippen molar-refractivity contribution in [2.24, 2.45) is 0 Å². The molecule has 0 bridgehead atoms. The van der Waals surface area contributed by atoms with E-state index in [-0.39, 0.29) is 38.2 Å². The molecule has 1 atom stereocenters. The Kier molecular flexibility index (Phi) is 12.8. The van der Waals surface area contributed by atoms with Crippen LogP contribution in [0.1, 0.15) is 67.7 Å². The molecule has 1 fully saturated rings. The van der Waals surface area contributed by atoms with Gasteiger partial charge in [0.25, 0.3) is 0 Å². The molecule has 1 aliphatic heterocycles. The number of aryl methyl sites for hydroxylation is 1. The van der Waals surface area contributed by atoms with Crippen molar-refractivity contribution < 1.29 is 23.8 Å². The average molecular weight is 613 g/mol. The first-order chi connectivity index (χ1) is 19.9. The van der Waals surface area contributed by atoms with E-state index in [1.54, 1.807) is 11.8 Å². The van der Waals surface area contributed by atoms with E-state index in [9.17, 15) is 9.59 Å². The molecule has 220 valence electrons. The number of allylic oxidation sites excluding steroid dienone is 2. The second-order valence-electron chi connectivity index (χ2n) is 10.3. The third-order valence-corrected chi connectivity index (χ3v) is 11.0. The van der Waals surface area contributed by atoms with Crippen molar-refractivity contribution in [1.82, 2.24) is 0 Å². The molecule has 8 heteroatoms. The van der Waals surface area contributed by atoms with Crippen molar-refractivity contribution in [3.8, 4) is 0 Å². The van der Waals surface area contributed by atoms with E-state index >= 15 is 0 Å². The third-order valence-electron chi connectivity index (χ3n) is 7.26. The maximum absolute atomic E-state index is 12.8. The highest BCUT2D eigenvalue weighted by Crippen LogP contribution is 2.44. The van der Waals surface area contributed by atoms with Gasteiger partial charge in [0, 0.05) is 22.3 Å². The molecule has 0 N–H and O–H groups in total. The van der Waals surface area contributed by atoms with Gasteiger partial charge in [-0.05, 0) is 91.0 Å². The molecule has 2 aromatic carbocycles. The molecule has 1 heterocycles. The first-order valence-corrected chi connectivity index (χ1v) is 17.9. The number of hydrogen-bond acceptors (Lipinski definition) is 8. The van der Waals surface area contributed by atoms with E-state index < -0.39 is 0 Å². The Morgan fingerprint density at radius 3 is 2.41 bits per heavy atom. The Bertz CT molecular complexity index is 1250. The van der Waals surface area contributed by atoms with Crippen molar-refractivity contribution in [1.29, 1.82) is 0 Å². The highest BCUT2D eigenvalue weighted by atomic mass is 33.1. The van der Waals surface area contributed by atoms with Gasteiger partial charge in [-0.2, -0.15) is 0 Å². The summed E-state index contributed by atoms with van der Waals surface area (Å²) in [5.74, 6) is 0.798. The molecule has 2 aliphatic rings. The molecule has 1 saturated heterocycles. The van der Waals surface area contributed by atoms with E-state index in [0.717, 1.165) is 57.1 Å². The van der Waals surface area contributed by atoms with Crippen LogP contribution < -0.4 is 0 Å². The van der Waals surface area contributed by atoms with E-state index in [4.69, 9.17) is 14.2 Å². The minimum absolute atomic E-state index is 0.168. The van der Waals surface area contributed by atoms with Gasteiger partial charge in [-0.3, -0.25) is 9.59 Å².